The first-order valence-electron chi connectivity index (χ1n) is 9.36. The van der Waals surface area contributed by atoms with Gasteiger partial charge in [-0.05, 0) is 55.3 Å². The summed E-state index contributed by atoms with van der Waals surface area (Å²) in [6.45, 7) is 4.63. The number of nitriles is 1. The van der Waals surface area contributed by atoms with Gasteiger partial charge in [0.05, 0.1) is 5.56 Å². The molecule has 0 saturated heterocycles. The molecule has 0 bridgehead atoms. The Morgan fingerprint density at radius 2 is 1.83 bits per heavy atom. The average Bonchev–Trinajstić information content (AvgIpc) is 3.00. The van der Waals surface area contributed by atoms with Gasteiger partial charge in [-0.25, -0.2) is 4.79 Å². The second-order valence-corrected chi connectivity index (χ2v) is 6.91. The Kier molecular flexibility index (Phi) is 6.14. The zero-order chi connectivity index (χ0) is 21.7. The highest BCUT2D eigenvalue weighted by Crippen LogP contribution is 2.20. The number of carboxylic acids is 1. The Labute approximate surface area is 174 Å². The van der Waals surface area contributed by atoms with E-state index in [0.29, 0.717) is 12.2 Å². The largest absolute Gasteiger partial charge is 0.478 e. The van der Waals surface area contributed by atoms with Crippen LogP contribution >= 0.6 is 0 Å². The number of nitrogens with zero attached hydrogens (tertiary/aromatic N) is 2. The SMILES string of the molecule is Cc1cc(/C=C(/C#N)C(=O)Nc2cccc(C(=O)O)c2)c(C)n1Cc1ccccc1. The first-order chi connectivity index (χ1) is 14.4. The number of amides is 1. The lowest BCUT2D eigenvalue weighted by molar-refractivity contribution is -0.112. The molecule has 150 valence electrons. The van der Waals surface area contributed by atoms with Crippen LogP contribution in [0.3, 0.4) is 0 Å². The molecule has 0 aliphatic rings. The average molecular weight is 399 g/mol. The molecule has 0 fully saturated rings. The van der Waals surface area contributed by atoms with Gasteiger partial charge in [0.25, 0.3) is 5.91 Å². The number of carboxylic acid groups (broad SMARTS) is 1. The van der Waals surface area contributed by atoms with Crippen LogP contribution in [0.1, 0.15) is 32.9 Å². The quantitative estimate of drug-likeness (QED) is 0.474. The summed E-state index contributed by atoms with van der Waals surface area (Å²) in [7, 11) is 0. The van der Waals surface area contributed by atoms with Gasteiger partial charge in [-0.2, -0.15) is 5.26 Å². The Morgan fingerprint density at radius 1 is 1.10 bits per heavy atom. The third-order valence-electron chi connectivity index (χ3n) is 4.83. The number of rotatable bonds is 6. The van der Waals surface area contributed by atoms with Crippen LogP contribution in [0.25, 0.3) is 6.08 Å². The number of hydrogen-bond donors (Lipinski definition) is 2. The normalized spacial score (nSPS) is 11.0. The Morgan fingerprint density at radius 3 is 2.50 bits per heavy atom. The van der Waals surface area contributed by atoms with Crippen molar-refractivity contribution in [3.8, 4) is 6.07 Å². The molecule has 3 rings (SSSR count). The molecular weight excluding hydrogens is 378 g/mol. The van der Waals surface area contributed by atoms with E-state index in [9.17, 15) is 14.9 Å². The lowest BCUT2D eigenvalue weighted by Gasteiger charge is -2.09. The van der Waals surface area contributed by atoms with E-state index >= 15 is 0 Å². The summed E-state index contributed by atoms with van der Waals surface area (Å²) in [6.07, 6.45) is 1.56. The summed E-state index contributed by atoms with van der Waals surface area (Å²) in [5.41, 5.74) is 4.23. The fourth-order valence-electron chi connectivity index (χ4n) is 3.22. The number of aromatic nitrogens is 1. The lowest BCUT2D eigenvalue weighted by Crippen LogP contribution is -2.14. The maximum Gasteiger partial charge on any atom is 0.335 e. The topological polar surface area (TPSA) is 95.1 Å². The van der Waals surface area contributed by atoms with Gasteiger partial charge in [-0.3, -0.25) is 4.79 Å². The molecule has 0 aliphatic heterocycles. The Balaban J connectivity index is 1.85. The Hall–Kier alpha value is -4.11. The first-order valence-corrected chi connectivity index (χ1v) is 9.36. The number of nitrogens with one attached hydrogen (secondary N) is 1. The van der Waals surface area contributed by atoms with Crippen molar-refractivity contribution in [2.75, 3.05) is 5.32 Å². The van der Waals surface area contributed by atoms with Crippen molar-refractivity contribution in [2.24, 2.45) is 0 Å². The monoisotopic (exact) mass is 399 g/mol. The van der Waals surface area contributed by atoms with E-state index in [0.717, 1.165) is 22.5 Å². The van der Waals surface area contributed by atoms with Crippen LogP contribution in [0, 0.1) is 25.2 Å². The summed E-state index contributed by atoms with van der Waals surface area (Å²) in [4.78, 5) is 23.7. The van der Waals surface area contributed by atoms with Gasteiger partial charge in [0.1, 0.15) is 11.6 Å². The van der Waals surface area contributed by atoms with Gasteiger partial charge in [-0.1, -0.05) is 36.4 Å². The molecule has 0 unspecified atom stereocenters. The highest BCUT2D eigenvalue weighted by molar-refractivity contribution is 6.10. The van der Waals surface area contributed by atoms with E-state index in [1.807, 2.05) is 56.3 Å². The van der Waals surface area contributed by atoms with Crippen LogP contribution in [-0.2, 0) is 11.3 Å². The highest BCUT2D eigenvalue weighted by Gasteiger charge is 2.14. The maximum atomic E-state index is 12.6. The predicted octanol–water partition coefficient (Wildman–Crippen LogP) is 4.40. The zero-order valence-corrected chi connectivity index (χ0v) is 16.7. The third kappa shape index (κ3) is 4.65. The molecule has 0 spiro atoms. The van der Waals surface area contributed by atoms with Crippen LogP contribution in [0.15, 0.2) is 66.2 Å². The minimum Gasteiger partial charge on any atom is -0.478 e. The second kappa shape index (κ2) is 8.93. The summed E-state index contributed by atoms with van der Waals surface area (Å²) < 4.78 is 2.13. The third-order valence-corrected chi connectivity index (χ3v) is 4.83. The fourth-order valence-corrected chi connectivity index (χ4v) is 3.22. The van der Waals surface area contributed by atoms with Crippen molar-refractivity contribution >= 4 is 23.6 Å². The summed E-state index contributed by atoms with van der Waals surface area (Å²) in [5, 5.41) is 21.2. The molecule has 0 atom stereocenters. The number of benzene rings is 2. The second-order valence-electron chi connectivity index (χ2n) is 6.91. The lowest BCUT2D eigenvalue weighted by atomic mass is 10.1. The molecule has 1 aromatic heterocycles. The van der Waals surface area contributed by atoms with Crippen LogP contribution in [-0.4, -0.2) is 21.6 Å². The molecule has 0 aliphatic carbocycles. The van der Waals surface area contributed by atoms with Crippen molar-refractivity contribution in [2.45, 2.75) is 20.4 Å². The van der Waals surface area contributed by atoms with Crippen LogP contribution in [0.5, 0.6) is 0 Å². The molecule has 2 N–H and O–H groups in total. The molecule has 0 saturated carbocycles. The van der Waals surface area contributed by atoms with Crippen LogP contribution in [0.4, 0.5) is 5.69 Å². The van der Waals surface area contributed by atoms with Gasteiger partial charge in [0.2, 0.25) is 0 Å². The van der Waals surface area contributed by atoms with Crippen molar-refractivity contribution in [3.63, 3.8) is 0 Å². The van der Waals surface area contributed by atoms with E-state index < -0.39 is 11.9 Å². The van der Waals surface area contributed by atoms with E-state index in [-0.39, 0.29) is 11.1 Å². The number of aryl methyl sites for hydroxylation is 1. The van der Waals surface area contributed by atoms with E-state index in [1.165, 1.54) is 18.2 Å². The molecule has 1 heterocycles. The maximum absolute atomic E-state index is 12.6. The predicted molar refractivity (Wildman–Crippen MR) is 115 cm³/mol. The number of carbonyl (C=O) groups excluding carboxylic acids is 1. The standard InChI is InChI=1S/C24H21N3O3/c1-16-11-20(17(2)27(16)15-18-7-4-3-5-8-18)12-21(14-25)23(28)26-22-10-6-9-19(13-22)24(29)30/h3-13H,15H2,1-2H3,(H,26,28)(H,29,30)/b21-12-. The minimum absolute atomic E-state index is 0.0553. The smallest absolute Gasteiger partial charge is 0.335 e. The van der Waals surface area contributed by atoms with Crippen molar-refractivity contribution in [1.82, 2.24) is 4.57 Å². The molecular formula is C24H21N3O3. The van der Waals surface area contributed by atoms with Gasteiger partial charge >= 0.3 is 5.97 Å². The van der Waals surface area contributed by atoms with E-state index in [2.05, 4.69) is 9.88 Å². The van der Waals surface area contributed by atoms with Crippen LogP contribution in [0.2, 0.25) is 0 Å². The van der Waals surface area contributed by atoms with E-state index in [4.69, 9.17) is 5.11 Å². The fraction of sp³-hybridized carbons (Fsp3) is 0.125. The van der Waals surface area contributed by atoms with Crippen LogP contribution < -0.4 is 5.32 Å². The molecule has 6 nitrogen and oxygen atoms in total. The molecule has 6 heteroatoms. The molecule has 2 aromatic carbocycles. The Bertz CT molecular complexity index is 1170. The minimum atomic E-state index is -1.09. The van der Waals surface area contributed by atoms with Gasteiger partial charge in [0, 0.05) is 23.6 Å². The number of carbonyl (C=O) groups is 2. The molecule has 1 amide bonds. The van der Waals surface area contributed by atoms with Gasteiger partial charge in [-0.15, -0.1) is 0 Å². The number of hydrogen-bond acceptors (Lipinski definition) is 3. The van der Waals surface area contributed by atoms with E-state index in [1.54, 1.807) is 12.1 Å². The first kappa shape index (κ1) is 20.6. The van der Waals surface area contributed by atoms with Gasteiger partial charge in [0.15, 0.2) is 0 Å². The summed E-state index contributed by atoms with van der Waals surface area (Å²) in [6, 6.07) is 19.8. The number of anilines is 1. The molecule has 3 aromatic rings. The number of aromatic carboxylic acids is 1. The van der Waals surface area contributed by atoms with Gasteiger partial charge < -0.3 is 15.0 Å². The highest BCUT2D eigenvalue weighted by atomic mass is 16.4. The zero-order valence-electron chi connectivity index (χ0n) is 16.7. The summed E-state index contributed by atoms with van der Waals surface area (Å²) >= 11 is 0. The van der Waals surface area contributed by atoms with Crippen molar-refractivity contribution in [1.29, 1.82) is 5.26 Å². The molecule has 30 heavy (non-hydrogen) atoms. The van der Waals surface area contributed by atoms with Crippen molar-refractivity contribution in [3.05, 3.63) is 94.3 Å². The van der Waals surface area contributed by atoms with Crippen molar-refractivity contribution < 1.29 is 14.7 Å². The molecule has 0 radical (unpaired) electrons. The summed E-state index contributed by atoms with van der Waals surface area (Å²) in [5.74, 6) is -1.68.